The number of aliphatic carboxylic acids is 1. The molecule has 1 rings (SSSR count). The van der Waals surface area contributed by atoms with Crippen LogP contribution in [0.2, 0.25) is 0 Å². The van der Waals surface area contributed by atoms with Crippen LogP contribution in [0.3, 0.4) is 0 Å². The summed E-state index contributed by atoms with van der Waals surface area (Å²) in [4.78, 5) is 34.1. The van der Waals surface area contributed by atoms with Crippen LogP contribution < -0.4 is 11.1 Å². The van der Waals surface area contributed by atoms with Gasteiger partial charge in [-0.25, -0.2) is 4.79 Å². The fourth-order valence-electron chi connectivity index (χ4n) is 3.02. The number of carboxylic acids is 1. The molecular formula is C21H40N4O7. The van der Waals surface area contributed by atoms with Gasteiger partial charge in [0.15, 0.2) is 12.2 Å². The lowest BCUT2D eigenvalue weighted by molar-refractivity contribution is -0.143. The van der Waals surface area contributed by atoms with Gasteiger partial charge in [0.25, 0.3) is 5.97 Å². The number of rotatable bonds is 9. The summed E-state index contributed by atoms with van der Waals surface area (Å²) in [5, 5.41) is 18.1. The Morgan fingerprint density at radius 1 is 1.22 bits per heavy atom. The number of carboxylic acid groups (broad SMARTS) is 1. The maximum atomic E-state index is 12.1. The van der Waals surface area contributed by atoms with Gasteiger partial charge in [0, 0.05) is 26.5 Å². The minimum atomic E-state index is -0.833. The minimum Gasteiger partial charge on any atom is -0.481 e. The largest absolute Gasteiger partial charge is 0.481 e. The van der Waals surface area contributed by atoms with Gasteiger partial charge in [-0.15, -0.1) is 0 Å². The van der Waals surface area contributed by atoms with E-state index in [-0.39, 0.29) is 18.0 Å². The maximum absolute atomic E-state index is 12.1. The normalized spacial score (nSPS) is 18.1. The van der Waals surface area contributed by atoms with Crippen molar-refractivity contribution in [2.75, 3.05) is 19.8 Å². The first-order valence-electron chi connectivity index (χ1n) is 10.9. The van der Waals surface area contributed by atoms with E-state index in [9.17, 15) is 9.59 Å². The van der Waals surface area contributed by atoms with Crippen molar-refractivity contribution in [3.63, 3.8) is 0 Å². The molecule has 1 fully saturated rings. The van der Waals surface area contributed by atoms with Crippen LogP contribution in [0.15, 0.2) is 0 Å². The van der Waals surface area contributed by atoms with Crippen molar-refractivity contribution in [3.8, 4) is 0 Å². The molecule has 0 radical (unpaired) electrons. The molecule has 0 bridgehead atoms. The van der Waals surface area contributed by atoms with Crippen LogP contribution >= 0.6 is 0 Å². The highest BCUT2D eigenvalue weighted by molar-refractivity contribution is 5.75. The average molecular weight is 461 g/mol. The predicted octanol–water partition coefficient (Wildman–Crippen LogP) is 2.43. The van der Waals surface area contributed by atoms with E-state index in [1.54, 1.807) is 32.6 Å². The lowest BCUT2D eigenvalue weighted by Gasteiger charge is -2.41. The van der Waals surface area contributed by atoms with Crippen LogP contribution in [0.4, 0.5) is 4.79 Å². The molecule has 32 heavy (non-hydrogen) atoms. The molecule has 1 unspecified atom stereocenters. The number of amides is 1. The van der Waals surface area contributed by atoms with Crippen LogP contribution in [0, 0.1) is 5.41 Å². The molecule has 0 aromatic heterocycles. The quantitative estimate of drug-likeness (QED) is 0.175. The highest BCUT2D eigenvalue weighted by atomic mass is 16.6. The number of carbonyl (C=O) groups excluding carboxylic acids is 2. The molecule has 1 amide bonds. The molecule has 5 N–H and O–H groups in total. The molecule has 0 aromatic carbocycles. The maximum Gasteiger partial charge on any atom is 0.408 e. The van der Waals surface area contributed by atoms with Crippen molar-refractivity contribution in [2.45, 2.75) is 91.0 Å². The number of unbranched alkanes of at least 4 members (excludes halogenated alkanes) is 2. The second-order valence-electron chi connectivity index (χ2n) is 8.37. The van der Waals surface area contributed by atoms with Gasteiger partial charge in [-0.3, -0.25) is 15.0 Å². The first-order chi connectivity index (χ1) is 14.9. The molecule has 0 aromatic rings. The lowest BCUT2D eigenvalue weighted by Crippen LogP contribution is -2.60. The topological polar surface area (TPSA) is 164 Å². The van der Waals surface area contributed by atoms with E-state index >= 15 is 0 Å². The van der Waals surface area contributed by atoms with Gasteiger partial charge in [-0.05, 0) is 53.4 Å². The summed E-state index contributed by atoms with van der Waals surface area (Å²) >= 11 is 0. The molecule has 1 saturated heterocycles. The molecule has 1 heterocycles. The highest BCUT2D eigenvalue weighted by Crippen LogP contribution is 2.20. The van der Waals surface area contributed by atoms with Crippen LogP contribution in [0.1, 0.15) is 73.1 Å². The van der Waals surface area contributed by atoms with Crippen molar-refractivity contribution >= 4 is 24.0 Å². The zero-order chi connectivity index (χ0) is 24.7. The molecule has 1 aliphatic rings. The second-order valence-corrected chi connectivity index (χ2v) is 8.37. The number of hydrogen-bond acceptors (Lipinski definition) is 7. The van der Waals surface area contributed by atoms with Crippen molar-refractivity contribution < 1.29 is 33.7 Å². The molecular weight excluding hydrogens is 420 g/mol. The summed E-state index contributed by atoms with van der Waals surface area (Å²) < 4.78 is 16.2. The smallest absolute Gasteiger partial charge is 0.408 e. The van der Waals surface area contributed by atoms with Crippen LogP contribution in [-0.2, 0) is 23.8 Å². The first kappa shape index (κ1) is 29.4. The van der Waals surface area contributed by atoms with E-state index in [1.165, 1.54) is 0 Å². The summed E-state index contributed by atoms with van der Waals surface area (Å²) in [7, 11) is 0. The molecule has 0 saturated carbocycles. The Kier molecular flexibility index (Phi) is 14.1. The van der Waals surface area contributed by atoms with E-state index in [0.29, 0.717) is 26.2 Å². The number of nitrogens with one attached hydrogen (secondary N) is 2. The van der Waals surface area contributed by atoms with Gasteiger partial charge in [0.05, 0.1) is 12.6 Å². The Labute approximate surface area is 190 Å². The van der Waals surface area contributed by atoms with E-state index in [2.05, 4.69) is 5.32 Å². The Morgan fingerprint density at radius 2 is 1.84 bits per heavy atom. The number of alkyl carbamates (subject to hydrolysis) is 1. The van der Waals surface area contributed by atoms with E-state index < -0.39 is 23.9 Å². The first-order valence-corrected chi connectivity index (χ1v) is 10.9. The van der Waals surface area contributed by atoms with E-state index in [0.717, 1.165) is 39.0 Å². The molecule has 2 atom stereocenters. The molecule has 11 nitrogen and oxygen atoms in total. The minimum absolute atomic E-state index is 0.0806. The molecule has 186 valence electrons. The van der Waals surface area contributed by atoms with Crippen molar-refractivity contribution in [2.24, 2.45) is 5.73 Å². The third-order valence-electron chi connectivity index (χ3n) is 4.20. The van der Waals surface area contributed by atoms with Crippen LogP contribution in [0.25, 0.3) is 0 Å². The zero-order valence-corrected chi connectivity index (χ0v) is 19.9. The van der Waals surface area contributed by atoms with E-state index in [1.807, 2.05) is 0 Å². The fourth-order valence-corrected chi connectivity index (χ4v) is 3.02. The lowest BCUT2D eigenvalue weighted by atomic mass is 10.0. The van der Waals surface area contributed by atoms with Gasteiger partial charge in [0.1, 0.15) is 5.60 Å². The summed E-state index contributed by atoms with van der Waals surface area (Å²) in [6.07, 6.45) is 3.23. The fraction of sp³-hybridized carbons (Fsp3) is 0.810. The number of hydrogen-bond donors (Lipinski definition) is 4. The van der Waals surface area contributed by atoms with E-state index in [4.69, 9.17) is 35.3 Å². The van der Waals surface area contributed by atoms with Gasteiger partial charge in [-0.2, -0.15) is 0 Å². The van der Waals surface area contributed by atoms with Gasteiger partial charge in [0.2, 0.25) is 0 Å². The monoisotopic (exact) mass is 460 g/mol. The number of esters is 1. The summed E-state index contributed by atoms with van der Waals surface area (Å²) in [6, 6.07) is -0.313. The number of guanidine groups is 1. The molecule has 11 heteroatoms. The Hall–Kier alpha value is -2.56. The highest BCUT2D eigenvalue weighted by Gasteiger charge is 2.35. The third kappa shape index (κ3) is 14.4. The van der Waals surface area contributed by atoms with Gasteiger partial charge < -0.3 is 35.3 Å². The Morgan fingerprint density at radius 3 is 2.38 bits per heavy atom. The summed E-state index contributed by atoms with van der Waals surface area (Å²) in [5.74, 6) is -1.09. The summed E-state index contributed by atoms with van der Waals surface area (Å²) in [5.41, 5.74) is 5.11. The standard InChI is InChI=1S/C19H36N4O5.C2H4O2/c1-5-26-15(24)11-7-6-8-13-27-16-14(10-9-12-23(16)17(20)21)22-18(25)28-19(2,3)4;1-2(3)4/h14,16H,5-13H2,1-4H3,(H3,20,21)(H,22,25);1H3,(H,3,4)/t14-,16?;/m0./s1. The van der Waals surface area contributed by atoms with Gasteiger partial charge >= 0.3 is 12.1 Å². The number of ether oxygens (including phenoxy) is 3. The molecule has 1 aliphatic heterocycles. The predicted molar refractivity (Wildman–Crippen MR) is 119 cm³/mol. The number of piperidine rings is 1. The third-order valence-corrected chi connectivity index (χ3v) is 4.20. The van der Waals surface area contributed by atoms with Crippen molar-refractivity contribution in [3.05, 3.63) is 0 Å². The Balaban J connectivity index is 0.00000220. The van der Waals surface area contributed by atoms with Gasteiger partial charge in [-0.1, -0.05) is 6.42 Å². The Bertz CT molecular complexity index is 603. The van der Waals surface area contributed by atoms with Crippen molar-refractivity contribution in [1.29, 1.82) is 5.41 Å². The summed E-state index contributed by atoms with van der Waals surface area (Å²) in [6.45, 7) is 9.74. The number of nitrogens with zero attached hydrogens (tertiary/aromatic N) is 1. The number of likely N-dealkylation sites (tertiary alicyclic amines) is 1. The second kappa shape index (κ2) is 15.3. The average Bonchev–Trinajstić information content (AvgIpc) is 2.63. The van der Waals surface area contributed by atoms with Crippen LogP contribution in [0.5, 0.6) is 0 Å². The van der Waals surface area contributed by atoms with Crippen LogP contribution in [-0.4, -0.2) is 71.6 Å². The molecule has 0 aliphatic carbocycles. The SMILES string of the molecule is CC(=O)O.CCOC(=O)CCCCCOC1[C@@H](NC(=O)OC(C)(C)C)CCCN1C(=N)N. The zero-order valence-electron chi connectivity index (χ0n) is 19.9. The molecule has 0 spiro atoms. The van der Waals surface area contributed by atoms with Crippen molar-refractivity contribution in [1.82, 2.24) is 10.2 Å². The number of carbonyl (C=O) groups is 3. The number of nitrogens with two attached hydrogens (primary N) is 1.